The summed E-state index contributed by atoms with van der Waals surface area (Å²) < 4.78 is 0. The molecule has 0 bridgehead atoms. The molecule has 0 radical (unpaired) electrons. The first-order chi connectivity index (χ1) is 4.47. The van der Waals surface area contributed by atoms with Crippen LogP contribution in [0.3, 0.4) is 0 Å². The highest BCUT2D eigenvalue weighted by Crippen LogP contribution is 2.05. The van der Waals surface area contributed by atoms with E-state index in [1.54, 1.807) is 6.20 Å². The van der Waals surface area contributed by atoms with Crippen molar-refractivity contribution >= 4 is 35.8 Å². The molecule has 0 aliphatic carbocycles. The molecule has 0 spiro atoms. The standard InChI is InChI=1S/C7H6N2.2ClH/c1-2-6-3-5-9-7(6)8-4-1;;/h1-5H,(H,8,9);2*1H. The Morgan fingerprint density at radius 3 is 2.73 bits per heavy atom. The Kier molecular flexibility index (Phi) is 3.93. The summed E-state index contributed by atoms with van der Waals surface area (Å²) in [6.07, 6.45) is 3.66. The average Bonchev–Trinajstić information content (AvgIpc) is 2.33. The average molecular weight is 191 g/mol. The lowest BCUT2D eigenvalue weighted by Crippen LogP contribution is -1.70. The van der Waals surface area contributed by atoms with Gasteiger partial charge in [0.25, 0.3) is 0 Å². The molecule has 2 aromatic heterocycles. The van der Waals surface area contributed by atoms with Crippen LogP contribution >= 0.6 is 24.8 Å². The van der Waals surface area contributed by atoms with Gasteiger partial charge in [0.1, 0.15) is 5.65 Å². The molecular formula is C7H8Cl2N2. The van der Waals surface area contributed by atoms with Crippen LogP contribution in [0.1, 0.15) is 0 Å². The van der Waals surface area contributed by atoms with Crippen molar-refractivity contribution in [3.8, 4) is 0 Å². The smallest absolute Gasteiger partial charge is 0.137 e. The number of H-pyrrole nitrogens is 1. The van der Waals surface area contributed by atoms with E-state index in [2.05, 4.69) is 9.97 Å². The zero-order valence-corrected chi connectivity index (χ0v) is 7.28. The Morgan fingerprint density at radius 1 is 1.18 bits per heavy atom. The molecule has 0 saturated heterocycles. The zero-order chi connectivity index (χ0) is 6.10. The van der Waals surface area contributed by atoms with Crippen LogP contribution in [0.25, 0.3) is 11.0 Å². The topological polar surface area (TPSA) is 28.7 Å². The number of hydrogen-bond donors (Lipinski definition) is 1. The number of rotatable bonds is 0. The third-order valence-corrected chi connectivity index (χ3v) is 1.32. The number of nitrogens with zero attached hydrogens (tertiary/aromatic N) is 1. The minimum Gasteiger partial charge on any atom is -0.346 e. The van der Waals surface area contributed by atoms with Crippen molar-refractivity contribution in [1.29, 1.82) is 0 Å². The van der Waals surface area contributed by atoms with Gasteiger partial charge in [0.15, 0.2) is 0 Å². The van der Waals surface area contributed by atoms with Gasteiger partial charge in [0.2, 0.25) is 0 Å². The molecule has 0 amide bonds. The number of aromatic nitrogens is 2. The normalized spacial score (nSPS) is 8.36. The zero-order valence-electron chi connectivity index (χ0n) is 5.65. The van der Waals surface area contributed by atoms with Gasteiger partial charge in [-0.15, -0.1) is 24.8 Å². The molecule has 60 valence electrons. The van der Waals surface area contributed by atoms with E-state index in [1.165, 1.54) is 0 Å². The Hall–Kier alpha value is -0.730. The third-order valence-electron chi connectivity index (χ3n) is 1.32. The predicted molar refractivity (Wildman–Crippen MR) is 50.6 cm³/mol. The molecule has 0 aliphatic heterocycles. The van der Waals surface area contributed by atoms with Crippen molar-refractivity contribution in [1.82, 2.24) is 9.97 Å². The quantitative estimate of drug-likeness (QED) is 0.680. The van der Waals surface area contributed by atoms with Crippen LogP contribution in [0.2, 0.25) is 0 Å². The molecule has 1 N–H and O–H groups in total. The molecule has 4 heteroatoms. The number of hydrogen-bond acceptors (Lipinski definition) is 1. The lowest BCUT2D eigenvalue weighted by molar-refractivity contribution is 1.33. The van der Waals surface area contributed by atoms with E-state index in [9.17, 15) is 0 Å². The van der Waals surface area contributed by atoms with E-state index in [4.69, 9.17) is 0 Å². The second-order valence-electron chi connectivity index (χ2n) is 1.92. The maximum atomic E-state index is 4.09. The highest BCUT2D eigenvalue weighted by Gasteiger charge is 1.88. The van der Waals surface area contributed by atoms with E-state index in [-0.39, 0.29) is 24.8 Å². The van der Waals surface area contributed by atoms with Crippen molar-refractivity contribution in [3.63, 3.8) is 0 Å². The van der Waals surface area contributed by atoms with Gasteiger partial charge in [-0.25, -0.2) is 4.98 Å². The molecule has 0 atom stereocenters. The predicted octanol–water partition coefficient (Wildman–Crippen LogP) is 2.41. The van der Waals surface area contributed by atoms with Crippen LogP contribution in [0, 0.1) is 0 Å². The molecule has 2 aromatic rings. The first kappa shape index (κ1) is 10.3. The van der Waals surface area contributed by atoms with Gasteiger partial charge in [-0.05, 0) is 18.2 Å². The number of fused-ring (bicyclic) bond motifs is 1. The first-order valence-corrected chi connectivity index (χ1v) is 2.85. The molecular weight excluding hydrogens is 183 g/mol. The molecule has 0 fully saturated rings. The molecule has 0 unspecified atom stereocenters. The minimum atomic E-state index is 0. The summed E-state index contributed by atoms with van der Waals surface area (Å²) in [4.78, 5) is 7.09. The fourth-order valence-corrected chi connectivity index (χ4v) is 0.883. The van der Waals surface area contributed by atoms with E-state index in [1.807, 2.05) is 24.4 Å². The van der Waals surface area contributed by atoms with Crippen molar-refractivity contribution in [2.45, 2.75) is 0 Å². The summed E-state index contributed by atoms with van der Waals surface area (Å²) in [5.41, 5.74) is 0.956. The van der Waals surface area contributed by atoms with Crippen molar-refractivity contribution in [2.24, 2.45) is 0 Å². The lowest BCUT2D eigenvalue weighted by Gasteiger charge is -1.82. The number of aromatic amines is 1. The number of nitrogens with one attached hydrogen (secondary N) is 1. The summed E-state index contributed by atoms with van der Waals surface area (Å²) in [5, 5.41) is 1.16. The van der Waals surface area contributed by atoms with Crippen LogP contribution in [0.15, 0.2) is 30.6 Å². The highest BCUT2D eigenvalue weighted by molar-refractivity contribution is 5.85. The summed E-state index contributed by atoms with van der Waals surface area (Å²) >= 11 is 0. The van der Waals surface area contributed by atoms with Crippen molar-refractivity contribution in [3.05, 3.63) is 30.6 Å². The summed E-state index contributed by atoms with van der Waals surface area (Å²) in [6.45, 7) is 0. The summed E-state index contributed by atoms with van der Waals surface area (Å²) in [6, 6.07) is 5.96. The Labute approximate surface area is 76.8 Å². The van der Waals surface area contributed by atoms with E-state index in [0.29, 0.717) is 0 Å². The Bertz CT molecular complexity index is 288. The molecule has 2 rings (SSSR count). The van der Waals surface area contributed by atoms with Crippen LogP contribution in [0.5, 0.6) is 0 Å². The van der Waals surface area contributed by atoms with Gasteiger partial charge in [-0.1, -0.05) is 0 Å². The van der Waals surface area contributed by atoms with E-state index >= 15 is 0 Å². The molecule has 11 heavy (non-hydrogen) atoms. The highest BCUT2D eigenvalue weighted by atomic mass is 35.5. The summed E-state index contributed by atoms with van der Waals surface area (Å²) in [7, 11) is 0. The van der Waals surface area contributed by atoms with E-state index in [0.717, 1.165) is 11.0 Å². The van der Waals surface area contributed by atoms with Gasteiger partial charge in [-0.2, -0.15) is 0 Å². The fourth-order valence-electron chi connectivity index (χ4n) is 0.883. The second-order valence-corrected chi connectivity index (χ2v) is 1.92. The maximum absolute atomic E-state index is 4.09. The fraction of sp³-hybridized carbons (Fsp3) is 0. The molecule has 2 heterocycles. The third kappa shape index (κ3) is 1.85. The monoisotopic (exact) mass is 190 g/mol. The lowest BCUT2D eigenvalue weighted by atomic mass is 10.3. The first-order valence-electron chi connectivity index (χ1n) is 2.85. The van der Waals surface area contributed by atoms with Crippen molar-refractivity contribution < 1.29 is 0 Å². The van der Waals surface area contributed by atoms with Gasteiger partial charge in [0, 0.05) is 17.8 Å². The second kappa shape index (κ2) is 4.21. The largest absolute Gasteiger partial charge is 0.346 e. The Balaban J connectivity index is 0.000000500. The Morgan fingerprint density at radius 2 is 2.00 bits per heavy atom. The van der Waals surface area contributed by atoms with Crippen LogP contribution in [-0.4, -0.2) is 9.97 Å². The molecule has 2 nitrogen and oxygen atoms in total. The van der Waals surface area contributed by atoms with E-state index < -0.39 is 0 Å². The number of pyridine rings is 1. The number of halogens is 2. The van der Waals surface area contributed by atoms with Crippen LogP contribution < -0.4 is 0 Å². The van der Waals surface area contributed by atoms with Gasteiger partial charge in [0.05, 0.1) is 0 Å². The summed E-state index contributed by atoms with van der Waals surface area (Å²) in [5.74, 6) is 0. The molecule has 0 aromatic carbocycles. The van der Waals surface area contributed by atoms with Gasteiger partial charge in [-0.3, -0.25) is 0 Å². The van der Waals surface area contributed by atoms with Gasteiger partial charge >= 0.3 is 0 Å². The minimum absolute atomic E-state index is 0. The molecule has 0 saturated carbocycles. The molecule has 0 aliphatic rings. The van der Waals surface area contributed by atoms with Crippen molar-refractivity contribution in [2.75, 3.05) is 0 Å². The maximum Gasteiger partial charge on any atom is 0.137 e. The SMILES string of the molecule is Cl.Cl.c1cnc2[nH]ccc2c1. The van der Waals surface area contributed by atoms with Crippen LogP contribution in [0.4, 0.5) is 0 Å². The van der Waals surface area contributed by atoms with Gasteiger partial charge < -0.3 is 4.98 Å². The van der Waals surface area contributed by atoms with Crippen LogP contribution in [-0.2, 0) is 0 Å².